The second kappa shape index (κ2) is 7.26. The fraction of sp³-hybridized carbons (Fsp3) is 0.500. The summed E-state index contributed by atoms with van der Waals surface area (Å²) in [6.07, 6.45) is 4.17. The van der Waals surface area contributed by atoms with Crippen LogP contribution < -0.4 is 0 Å². The van der Waals surface area contributed by atoms with Gasteiger partial charge < -0.3 is 4.90 Å². The Bertz CT molecular complexity index is 741. The molecule has 4 nitrogen and oxygen atoms in total. The van der Waals surface area contributed by atoms with E-state index in [9.17, 15) is 4.79 Å². The average molecular weight is 356 g/mol. The normalized spacial score (nSPS) is 17.7. The third kappa shape index (κ3) is 3.93. The van der Waals surface area contributed by atoms with Crippen LogP contribution in [-0.2, 0) is 30.6 Å². The highest BCUT2D eigenvalue weighted by Crippen LogP contribution is 2.28. The van der Waals surface area contributed by atoms with Crippen molar-refractivity contribution in [1.82, 2.24) is 14.8 Å². The monoisotopic (exact) mass is 355 g/mol. The van der Waals surface area contributed by atoms with E-state index in [2.05, 4.69) is 24.0 Å². The Labute approximate surface area is 153 Å². The number of carbonyl (C=O) groups is 1. The number of thiazole rings is 1. The van der Waals surface area contributed by atoms with Crippen LogP contribution in [0.3, 0.4) is 0 Å². The van der Waals surface area contributed by atoms with Crippen molar-refractivity contribution in [2.75, 3.05) is 26.2 Å². The van der Waals surface area contributed by atoms with Crippen molar-refractivity contribution < 1.29 is 4.79 Å². The number of aryl methyl sites for hydroxylation is 3. The van der Waals surface area contributed by atoms with Crippen LogP contribution in [0, 0.1) is 6.92 Å². The Morgan fingerprint density at radius 1 is 1.20 bits per heavy atom. The van der Waals surface area contributed by atoms with Crippen molar-refractivity contribution in [2.45, 2.75) is 39.2 Å². The van der Waals surface area contributed by atoms with E-state index in [0.29, 0.717) is 6.42 Å². The third-order valence-electron chi connectivity index (χ3n) is 5.16. The van der Waals surface area contributed by atoms with Crippen LogP contribution in [0.1, 0.15) is 33.1 Å². The Hall–Kier alpha value is -1.72. The van der Waals surface area contributed by atoms with Gasteiger partial charge in [-0.15, -0.1) is 11.3 Å². The minimum absolute atomic E-state index is 0.249. The molecule has 1 saturated heterocycles. The number of fused-ring (bicyclic) bond motifs is 1. The number of piperazine rings is 1. The lowest BCUT2D eigenvalue weighted by Crippen LogP contribution is -2.48. The van der Waals surface area contributed by atoms with Crippen LogP contribution in [0.15, 0.2) is 24.3 Å². The van der Waals surface area contributed by atoms with E-state index in [-0.39, 0.29) is 5.91 Å². The van der Waals surface area contributed by atoms with Crippen LogP contribution in [0.2, 0.25) is 0 Å². The second-order valence-electron chi connectivity index (χ2n) is 7.15. The molecular weight excluding hydrogens is 330 g/mol. The van der Waals surface area contributed by atoms with Gasteiger partial charge in [-0.1, -0.05) is 29.8 Å². The van der Waals surface area contributed by atoms with Crippen molar-refractivity contribution in [3.05, 3.63) is 51.0 Å². The third-order valence-corrected chi connectivity index (χ3v) is 6.30. The van der Waals surface area contributed by atoms with E-state index >= 15 is 0 Å². The molecule has 0 N–H and O–H groups in total. The summed E-state index contributed by atoms with van der Waals surface area (Å²) in [5.41, 5.74) is 3.67. The fourth-order valence-corrected chi connectivity index (χ4v) is 4.97. The lowest BCUT2D eigenvalue weighted by atomic mass is 10.1. The molecule has 132 valence electrons. The number of aromatic nitrogens is 1. The summed E-state index contributed by atoms with van der Waals surface area (Å²) in [6, 6.07) is 8.25. The molecule has 0 bridgehead atoms. The van der Waals surface area contributed by atoms with Gasteiger partial charge in [0.2, 0.25) is 5.91 Å². The largest absolute Gasteiger partial charge is 0.340 e. The zero-order valence-electron chi connectivity index (χ0n) is 14.8. The Kier molecular flexibility index (Phi) is 4.86. The number of carbonyl (C=O) groups excluding carboxylic acids is 1. The van der Waals surface area contributed by atoms with Crippen molar-refractivity contribution >= 4 is 17.2 Å². The zero-order valence-corrected chi connectivity index (χ0v) is 15.6. The van der Waals surface area contributed by atoms with Crippen LogP contribution in [0.25, 0.3) is 0 Å². The van der Waals surface area contributed by atoms with Gasteiger partial charge >= 0.3 is 0 Å². The summed E-state index contributed by atoms with van der Waals surface area (Å²) < 4.78 is 0. The molecular formula is C20H25N3OS. The van der Waals surface area contributed by atoms with Gasteiger partial charge in [-0.05, 0) is 31.7 Å². The minimum atomic E-state index is 0.249. The predicted molar refractivity (Wildman–Crippen MR) is 101 cm³/mol. The summed E-state index contributed by atoms with van der Waals surface area (Å²) in [4.78, 5) is 23.3. The van der Waals surface area contributed by atoms with E-state index in [1.807, 2.05) is 28.4 Å². The molecule has 25 heavy (non-hydrogen) atoms. The molecule has 5 heteroatoms. The van der Waals surface area contributed by atoms with E-state index < -0.39 is 0 Å². The summed E-state index contributed by atoms with van der Waals surface area (Å²) in [7, 11) is 0. The van der Waals surface area contributed by atoms with Gasteiger partial charge in [0, 0.05) is 31.1 Å². The SMILES string of the molecule is Cc1cccc(CC(=O)N2CCN(Cc3nc4c(s3)CCC4)CC2)c1. The van der Waals surface area contributed by atoms with Gasteiger partial charge in [0.1, 0.15) is 5.01 Å². The lowest BCUT2D eigenvalue weighted by molar-refractivity contribution is -0.132. The second-order valence-corrected chi connectivity index (χ2v) is 8.32. The number of benzene rings is 1. The molecule has 1 aromatic carbocycles. The summed E-state index contributed by atoms with van der Waals surface area (Å²) in [6.45, 7) is 6.57. The zero-order chi connectivity index (χ0) is 17.2. The molecule has 0 unspecified atom stereocenters. The average Bonchev–Trinajstić information content (AvgIpc) is 3.17. The summed E-state index contributed by atoms with van der Waals surface area (Å²) >= 11 is 1.89. The highest BCUT2D eigenvalue weighted by molar-refractivity contribution is 7.11. The summed E-state index contributed by atoms with van der Waals surface area (Å²) in [5.74, 6) is 0.249. The molecule has 0 saturated carbocycles. The standard InChI is InChI=1S/C20H25N3OS/c1-15-4-2-5-16(12-15)13-20(24)23-10-8-22(9-11-23)14-19-21-17-6-3-7-18(17)25-19/h2,4-5,12H,3,6-11,13-14H2,1H3. The number of rotatable bonds is 4. The van der Waals surface area contributed by atoms with Gasteiger partial charge in [0.25, 0.3) is 0 Å². The molecule has 0 spiro atoms. The molecule has 2 heterocycles. The molecule has 1 amide bonds. The van der Waals surface area contributed by atoms with Gasteiger partial charge in [-0.25, -0.2) is 4.98 Å². The Morgan fingerprint density at radius 2 is 2.04 bits per heavy atom. The number of nitrogens with zero attached hydrogens (tertiary/aromatic N) is 3. The Morgan fingerprint density at radius 3 is 2.80 bits per heavy atom. The minimum Gasteiger partial charge on any atom is -0.340 e. The molecule has 1 aromatic heterocycles. The molecule has 1 aliphatic heterocycles. The first-order valence-electron chi connectivity index (χ1n) is 9.20. The van der Waals surface area contributed by atoms with Crippen molar-refractivity contribution in [3.8, 4) is 0 Å². The van der Waals surface area contributed by atoms with Crippen molar-refractivity contribution in [3.63, 3.8) is 0 Å². The maximum absolute atomic E-state index is 12.5. The molecule has 1 fully saturated rings. The van der Waals surface area contributed by atoms with Crippen LogP contribution in [0.5, 0.6) is 0 Å². The molecule has 0 radical (unpaired) electrons. The molecule has 4 rings (SSSR count). The first kappa shape index (κ1) is 16.7. The van der Waals surface area contributed by atoms with Gasteiger partial charge in [0.15, 0.2) is 0 Å². The number of hydrogen-bond acceptors (Lipinski definition) is 4. The van der Waals surface area contributed by atoms with Crippen LogP contribution in [-0.4, -0.2) is 46.9 Å². The Balaban J connectivity index is 1.28. The van der Waals surface area contributed by atoms with Gasteiger partial charge in [-0.2, -0.15) is 0 Å². The first-order valence-corrected chi connectivity index (χ1v) is 10.0. The number of amides is 1. The fourth-order valence-electron chi connectivity index (χ4n) is 3.77. The molecule has 1 aliphatic carbocycles. The van der Waals surface area contributed by atoms with E-state index in [0.717, 1.165) is 44.7 Å². The van der Waals surface area contributed by atoms with Gasteiger partial charge in [0.05, 0.1) is 18.7 Å². The number of hydrogen-bond donors (Lipinski definition) is 0. The van der Waals surface area contributed by atoms with Crippen LogP contribution in [0.4, 0.5) is 0 Å². The van der Waals surface area contributed by atoms with Crippen molar-refractivity contribution in [1.29, 1.82) is 0 Å². The molecule has 2 aromatic rings. The topological polar surface area (TPSA) is 36.4 Å². The molecule has 0 atom stereocenters. The van der Waals surface area contributed by atoms with E-state index in [1.165, 1.54) is 34.0 Å². The van der Waals surface area contributed by atoms with Crippen molar-refractivity contribution in [2.24, 2.45) is 0 Å². The summed E-state index contributed by atoms with van der Waals surface area (Å²) in [5, 5.41) is 1.25. The van der Waals surface area contributed by atoms with Gasteiger partial charge in [-0.3, -0.25) is 9.69 Å². The first-order chi connectivity index (χ1) is 12.2. The smallest absolute Gasteiger partial charge is 0.227 e. The highest BCUT2D eigenvalue weighted by Gasteiger charge is 2.23. The predicted octanol–water partition coefficient (Wildman–Crippen LogP) is 2.83. The molecule has 2 aliphatic rings. The highest BCUT2D eigenvalue weighted by atomic mass is 32.1. The quantitative estimate of drug-likeness (QED) is 0.846. The van der Waals surface area contributed by atoms with Crippen LogP contribution >= 0.6 is 11.3 Å². The lowest BCUT2D eigenvalue weighted by Gasteiger charge is -2.34. The van der Waals surface area contributed by atoms with E-state index in [1.54, 1.807) is 0 Å². The maximum Gasteiger partial charge on any atom is 0.227 e. The maximum atomic E-state index is 12.5. The van der Waals surface area contributed by atoms with E-state index in [4.69, 9.17) is 4.98 Å².